The van der Waals surface area contributed by atoms with E-state index in [1.807, 2.05) is 25.1 Å². The molecule has 6 nitrogen and oxygen atoms in total. The van der Waals surface area contributed by atoms with Gasteiger partial charge in [-0.05, 0) is 36.2 Å². The number of methoxy groups -OCH3 is 1. The Morgan fingerprint density at radius 1 is 1.15 bits per heavy atom. The molecule has 0 saturated heterocycles. The first-order chi connectivity index (χ1) is 12.5. The molecule has 7 heteroatoms. The summed E-state index contributed by atoms with van der Waals surface area (Å²) < 4.78 is 5.23. The van der Waals surface area contributed by atoms with Crippen molar-refractivity contribution in [2.45, 2.75) is 19.8 Å². The van der Waals surface area contributed by atoms with Gasteiger partial charge in [0.05, 0.1) is 24.0 Å². The summed E-state index contributed by atoms with van der Waals surface area (Å²) >= 11 is 5.97. The molecule has 2 aromatic rings. The van der Waals surface area contributed by atoms with Crippen LogP contribution in [0.25, 0.3) is 0 Å². The number of rotatable bonds is 7. The molecule has 0 spiro atoms. The van der Waals surface area contributed by atoms with Crippen LogP contribution in [0.2, 0.25) is 5.02 Å². The second kappa shape index (κ2) is 9.58. The van der Waals surface area contributed by atoms with Gasteiger partial charge < -0.3 is 10.1 Å². The molecule has 0 aliphatic carbocycles. The lowest BCUT2D eigenvalue weighted by Gasteiger charge is -2.06. The summed E-state index contributed by atoms with van der Waals surface area (Å²) in [5.41, 5.74) is 4.72. The number of nitrogens with zero attached hydrogens (tertiary/aromatic N) is 1. The molecule has 26 heavy (non-hydrogen) atoms. The van der Waals surface area contributed by atoms with Gasteiger partial charge in [0.2, 0.25) is 11.8 Å². The Hall–Kier alpha value is -2.86. The van der Waals surface area contributed by atoms with Crippen molar-refractivity contribution in [2.75, 3.05) is 12.4 Å². The first kappa shape index (κ1) is 19.5. The van der Waals surface area contributed by atoms with Gasteiger partial charge in [-0.3, -0.25) is 9.59 Å². The van der Waals surface area contributed by atoms with E-state index in [0.717, 1.165) is 16.9 Å². The number of hydrogen-bond donors (Lipinski definition) is 2. The lowest BCUT2D eigenvalue weighted by molar-refractivity contribution is -0.124. The first-order valence-corrected chi connectivity index (χ1v) is 8.38. The molecule has 2 N–H and O–H groups in total. The van der Waals surface area contributed by atoms with Crippen LogP contribution < -0.4 is 15.5 Å². The van der Waals surface area contributed by atoms with Gasteiger partial charge in [-0.2, -0.15) is 5.10 Å². The third kappa shape index (κ3) is 5.89. The van der Waals surface area contributed by atoms with E-state index in [0.29, 0.717) is 10.7 Å². The summed E-state index contributed by atoms with van der Waals surface area (Å²) in [4.78, 5) is 23.6. The number of hydrazone groups is 1. The van der Waals surface area contributed by atoms with E-state index in [1.165, 1.54) is 6.21 Å². The second-order valence-electron chi connectivity index (χ2n) is 5.55. The van der Waals surface area contributed by atoms with Crippen molar-refractivity contribution in [2.24, 2.45) is 5.10 Å². The molecular weight excluding hydrogens is 354 g/mol. The van der Waals surface area contributed by atoms with Crippen LogP contribution in [0.4, 0.5) is 5.69 Å². The maximum absolute atomic E-state index is 11.9. The van der Waals surface area contributed by atoms with Gasteiger partial charge in [0.15, 0.2) is 0 Å². The van der Waals surface area contributed by atoms with E-state index in [2.05, 4.69) is 15.8 Å². The quantitative estimate of drug-likeness (QED) is 0.575. The van der Waals surface area contributed by atoms with Crippen molar-refractivity contribution >= 4 is 35.3 Å². The number of aryl methyl sites for hydroxylation is 1. The van der Waals surface area contributed by atoms with Crippen LogP contribution in [-0.4, -0.2) is 25.1 Å². The predicted molar refractivity (Wildman–Crippen MR) is 103 cm³/mol. The zero-order chi connectivity index (χ0) is 18.9. The molecule has 0 unspecified atom stereocenters. The smallest absolute Gasteiger partial charge is 0.240 e. The monoisotopic (exact) mass is 373 g/mol. The lowest BCUT2D eigenvalue weighted by atomic mass is 10.1. The van der Waals surface area contributed by atoms with Gasteiger partial charge >= 0.3 is 0 Å². The Balaban J connectivity index is 1.78. The molecule has 0 fully saturated rings. The van der Waals surface area contributed by atoms with Crippen molar-refractivity contribution in [1.82, 2.24) is 5.43 Å². The highest BCUT2D eigenvalue weighted by Gasteiger charge is 2.08. The first-order valence-electron chi connectivity index (χ1n) is 8.00. The number of nitrogens with one attached hydrogen (secondary N) is 2. The fraction of sp³-hybridized carbons (Fsp3) is 0.211. The maximum Gasteiger partial charge on any atom is 0.240 e. The molecule has 0 atom stereocenters. The summed E-state index contributed by atoms with van der Waals surface area (Å²) in [6.07, 6.45) is 1.57. The summed E-state index contributed by atoms with van der Waals surface area (Å²) in [5.74, 6) is 0.103. The lowest BCUT2D eigenvalue weighted by Crippen LogP contribution is -2.20. The van der Waals surface area contributed by atoms with Crippen molar-refractivity contribution in [3.63, 3.8) is 0 Å². The van der Waals surface area contributed by atoms with Crippen LogP contribution in [-0.2, 0) is 9.59 Å². The SMILES string of the molecule is COc1cc(C=NNC(=O)CCC(=O)Nc2ccccc2Cl)ccc1C. The minimum absolute atomic E-state index is 0.0187. The zero-order valence-corrected chi connectivity index (χ0v) is 15.3. The Kier molecular flexibility index (Phi) is 7.17. The van der Waals surface area contributed by atoms with Gasteiger partial charge in [-0.1, -0.05) is 35.9 Å². The molecule has 2 amide bonds. The summed E-state index contributed by atoms with van der Waals surface area (Å²) in [6.45, 7) is 1.94. The molecule has 0 aliphatic rings. The number of anilines is 1. The minimum Gasteiger partial charge on any atom is -0.496 e. The molecule has 0 saturated carbocycles. The topological polar surface area (TPSA) is 79.8 Å². The number of hydrogen-bond acceptors (Lipinski definition) is 4. The number of carbonyl (C=O) groups is 2. The van der Waals surface area contributed by atoms with Gasteiger partial charge in [0, 0.05) is 12.8 Å². The highest BCUT2D eigenvalue weighted by molar-refractivity contribution is 6.33. The summed E-state index contributed by atoms with van der Waals surface area (Å²) in [5, 5.41) is 7.00. The highest BCUT2D eigenvalue weighted by Crippen LogP contribution is 2.20. The summed E-state index contributed by atoms with van der Waals surface area (Å²) in [6, 6.07) is 12.5. The highest BCUT2D eigenvalue weighted by atomic mass is 35.5. The predicted octanol–water partition coefficient (Wildman–Crippen LogP) is 3.53. The number of benzene rings is 2. The molecule has 0 bridgehead atoms. The molecule has 136 valence electrons. The second-order valence-corrected chi connectivity index (χ2v) is 5.96. The van der Waals surface area contributed by atoms with Crippen LogP contribution >= 0.6 is 11.6 Å². The van der Waals surface area contributed by atoms with Gasteiger partial charge in [0.1, 0.15) is 5.75 Å². The molecule has 2 rings (SSSR count). The number of ether oxygens (including phenoxy) is 1. The standard InChI is InChI=1S/C19H20ClN3O3/c1-13-7-8-14(11-17(13)26-2)12-21-23-19(25)10-9-18(24)22-16-6-4-3-5-15(16)20/h3-8,11-12H,9-10H2,1-2H3,(H,22,24)(H,23,25). The molecule has 0 aromatic heterocycles. The van der Waals surface area contributed by atoms with Crippen molar-refractivity contribution < 1.29 is 14.3 Å². The van der Waals surface area contributed by atoms with Crippen LogP contribution in [0.5, 0.6) is 5.75 Å². The van der Waals surface area contributed by atoms with E-state index < -0.39 is 0 Å². The van der Waals surface area contributed by atoms with Crippen LogP contribution in [0.15, 0.2) is 47.6 Å². The van der Waals surface area contributed by atoms with Crippen LogP contribution in [0, 0.1) is 6.92 Å². The molecule has 2 aromatic carbocycles. The van der Waals surface area contributed by atoms with E-state index in [4.69, 9.17) is 16.3 Å². The van der Waals surface area contributed by atoms with Gasteiger partial charge in [-0.15, -0.1) is 0 Å². The fourth-order valence-corrected chi connectivity index (χ4v) is 2.34. The third-order valence-electron chi connectivity index (χ3n) is 3.56. The van der Waals surface area contributed by atoms with Gasteiger partial charge in [0.25, 0.3) is 0 Å². The Bertz CT molecular complexity index is 821. The number of carbonyl (C=O) groups excluding carboxylic acids is 2. The molecule has 0 aliphatic heterocycles. The third-order valence-corrected chi connectivity index (χ3v) is 3.89. The van der Waals surface area contributed by atoms with Crippen molar-refractivity contribution in [3.05, 3.63) is 58.6 Å². The number of halogens is 1. The normalized spacial score (nSPS) is 10.6. The Labute approximate surface area is 157 Å². The van der Waals surface area contributed by atoms with Crippen LogP contribution in [0.3, 0.4) is 0 Å². The average Bonchev–Trinajstić information content (AvgIpc) is 2.63. The summed E-state index contributed by atoms with van der Waals surface area (Å²) in [7, 11) is 1.60. The molecule has 0 radical (unpaired) electrons. The molecular formula is C19H20ClN3O3. The van der Waals surface area contributed by atoms with Gasteiger partial charge in [-0.25, -0.2) is 5.43 Å². The number of para-hydroxylation sites is 1. The van der Waals surface area contributed by atoms with E-state index in [-0.39, 0.29) is 24.7 Å². The Morgan fingerprint density at radius 3 is 2.62 bits per heavy atom. The zero-order valence-electron chi connectivity index (χ0n) is 14.6. The Morgan fingerprint density at radius 2 is 1.88 bits per heavy atom. The largest absolute Gasteiger partial charge is 0.496 e. The van der Waals surface area contributed by atoms with Crippen molar-refractivity contribution in [3.8, 4) is 5.75 Å². The fourth-order valence-electron chi connectivity index (χ4n) is 2.15. The van der Waals surface area contributed by atoms with Crippen molar-refractivity contribution in [1.29, 1.82) is 0 Å². The van der Waals surface area contributed by atoms with E-state index in [9.17, 15) is 9.59 Å². The number of amides is 2. The van der Waals surface area contributed by atoms with E-state index in [1.54, 1.807) is 31.4 Å². The average molecular weight is 374 g/mol. The van der Waals surface area contributed by atoms with Crippen LogP contribution in [0.1, 0.15) is 24.0 Å². The maximum atomic E-state index is 11.9. The molecule has 0 heterocycles. The van der Waals surface area contributed by atoms with E-state index >= 15 is 0 Å². The minimum atomic E-state index is -0.352.